The molecule has 0 fully saturated rings. The van der Waals surface area contributed by atoms with Crippen LogP contribution < -0.4 is 10.4 Å². The minimum atomic E-state index is -1.01. The molecule has 0 radical (unpaired) electrons. The van der Waals surface area contributed by atoms with Crippen LogP contribution in [0.4, 0.5) is 0 Å². The fraction of sp³-hybridized carbons (Fsp3) is 0.625. The summed E-state index contributed by atoms with van der Waals surface area (Å²) in [5.74, 6) is -1.01. The van der Waals surface area contributed by atoms with Crippen molar-refractivity contribution in [3.8, 4) is 0 Å². The number of aliphatic carboxylic acids is 1. The maximum absolute atomic E-state index is 10.3. The Labute approximate surface area is 66.1 Å². The van der Waals surface area contributed by atoms with E-state index >= 15 is 0 Å². The molecule has 1 N–H and O–H groups in total. The number of rotatable bonds is 3. The summed E-state index contributed by atoms with van der Waals surface area (Å²) >= 11 is 0. The lowest BCUT2D eigenvalue weighted by molar-refractivity contribution is -0.307. The molecule has 0 unspecified atom stereocenters. The summed E-state index contributed by atoms with van der Waals surface area (Å²) in [4.78, 5) is 10.3. The van der Waals surface area contributed by atoms with Gasteiger partial charge in [0.1, 0.15) is 0 Å². The number of carboxylic acids is 1. The number of hydrogen-bond donors (Lipinski definition) is 1. The lowest BCUT2D eigenvalue weighted by Crippen LogP contribution is -2.41. The van der Waals surface area contributed by atoms with E-state index in [2.05, 4.69) is 12.2 Å². The van der Waals surface area contributed by atoms with Gasteiger partial charge in [-0.25, -0.2) is 0 Å². The third-order valence-corrected chi connectivity index (χ3v) is 1.81. The lowest BCUT2D eigenvalue weighted by atomic mass is 10.1. The Balaban J connectivity index is 2.36. The van der Waals surface area contributed by atoms with E-state index in [1.807, 2.05) is 0 Å². The molecule has 0 spiro atoms. The fourth-order valence-corrected chi connectivity index (χ4v) is 1.25. The van der Waals surface area contributed by atoms with Gasteiger partial charge in [-0.05, 0) is 19.0 Å². The average Bonchev–Trinajstić information content (AvgIpc) is 2.37. The molecular formula is C8H12NO2-. The quantitative estimate of drug-likeness (QED) is 0.611. The zero-order chi connectivity index (χ0) is 8.27. The molecule has 0 saturated carbocycles. The average molecular weight is 154 g/mol. The second kappa shape index (κ2) is 3.42. The SMILES string of the molecule is CCCC1=CN[C@H](C(=O)[O-])C1. The highest BCUT2D eigenvalue weighted by molar-refractivity contribution is 5.72. The van der Waals surface area contributed by atoms with E-state index < -0.39 is 12.0 Å². The van der Waals surface area contributed by atoms with Crippen molar-refractivity contribution >= 4 is 5.97 Å². The highest BCUT2D eigenvalue weighted by atomic mass is 16.4. The van der Waals surface area contributed by atoms with Crippen LogP contribution in [0.1, 0.15) is 26.2 Å². The Kier molecular flexibility index (Phi) is 2.52. The van der Waals surface area contributed by atoms with Crippen molar-refractivity contribution in [3.05, 3.63) is 11.8 Å². The van der Waals surface area contributed by atoms with Crippen LogP contribution in [0.15, 0.2) is 11.8 Å². The van der Waals surface area contributed by atoms with Crippen molar-refractivity contribution in [3.63, 3.8) is 0 Å². The molecule has 1 atom stereocenters. The monoisotopic (exact) mass is 154 g/mol. The van der Waals surface area contributed by atoms with Crippen molar-refractivity contribution in [2.24, 2.45) is 0 Å². The Bertz CT molecular complexity index is 187. The van der Waals surface area contributed by atoms with Crippen molar-refractivity contribution in [1.82, 2.24) is 5.32 Å². The molecule has 0 aromatic heterocycles. The predicted octanol–water partition coefficient (Wildman–Crippen LogP) is -0.218. The number of carbonyl (C=O) groups is 1. The minimum absolute atomic E-state index is 0.489. The summed E-state index contributed by atoms with van der Waals surface area (Å²) in [5, 5.41) is 13.1. The summed E-state index contributed by atoms with van der Waals surface area (Å²) in [7, 11) is 0. The van der Waals surface area contributed by atoms with Crippen LogP contribution >= 0.6 is 0 Å². The van der Waals surface area contributed by atoms with Gasteiger partial charge >= 0.3 is 0 Å². The van der Waals surface area contributed by atoms with Crippen molar-refractivity contribution in [2.45, 2.75) is 32.2 Å². The first-order chi connectivity index (χ1) is 5.24. The molecule has 0 saturated heterocycles. The molecule has 0 aromatic rings. The van der Waals surface area contributed by atoms with Crippen LogP contribution in [0.2, 0.25) is 0 Å². The van der Waals surface area contributed by atoms with E-state index in [9.17, 15) is 9.90 Å². The van der Waals surface area contributed by atoms with Gasteiger partial charge in [0.25, 0.3) is 0 Å². The second-order valence-corrected chi connectivity index (χ2v) is 2.79. The highest BCUT2D eigenvalue weighted by Crippen LogP contribution is 2.16. The Hall–Kier alpha value is -0.990. The van der Waals surface area contributed by atoms with Crippen molar-refractivity contribution < 1.29 is 9.90 Å². The molecule has 1 rings (SSSR count). The molecule has 62 valence electrons. The Morgan fingerprint density at radius 2 is 2.64 bits per heavy atom. The van der Waals surface area contributed by atoms with Crippen LogP contribution in [0.25, 0.3) is 0 Å². The van der Waals surface area contributed by atoms with Gasteiger partial charge in [-0.3, -0.25) is 0 Å². The van der Waals surface area contributed by atoms with Gasteiger partial charge in [0.05, 0.1) is 12.0 Å². The third-order valence-electron chi connectivity index (χ3n) is 1.81. The van der Waals surface area contributed by atoms with Crippen LogP contribution in [-0.4, -0.2) is 12.0 Å². The van der Waals surface area contributed by atoms with Gasteiger partial charge < -0.3 is 15.2 Å². The van der Waals surface area contributed by atoms with E-state index in [4.69, 9.17) is 0 Å². The largest absolute Gasteiger partial charge is 0.548 e. The molecule has 1 heterocycles. The second-order valence-electron chi connectivity index (χ2n) is 2.79. The van der Waals surface area contributed by atoms with Crippen molar-refractivity contribution in [2.75, 3.05) is 0 Å². The van der Waals surface area contributed by atoms with Gasteiger partial charge in [-0.1, -0.05) is 18.9 Å². The van der Waals surface area contributed by atoms with E-state index in [0.29, 0.717) is 6.42 Å². The summed E-state index contributed by atoms with van der Waals surface area (Å²) in [6, 6.07) is -0.489. The molecule has 11 heavy (non-hydrogen) atoms. The zero-order valence-electron chi connectivity index (χ0n) is 6.59. The number of nitrogens with one attached hydrogen (secondary N) is 1. The summed E-state index contributed by atoms with van der Waals surface area (Å²) in [6.07, 6.45) is 4.45. The van der Waals surface area contributed by atoms with Gasteiger partial charge in [-0.2, -0.15) is 0 Å². The first-order valence-corrected chi connectivity index (χ1v) is 3.89. The predicted molar refractivity (Wildman–Crippen MR) is 39.5 cm³/mol. The van der Waals surface area contributed by atoms with E-state index in [0.717, 1.165) is 12.8 Å². The van der Waals surface area contributed by atoms with Crippen LogP contribution in [0, 0.1) is 0 Å². The lowest BCUT2D eigenvalue weighted by Gasteiger charge is -2.11. The molecule has 3 nitrogen and oxygen atoms in total. The van der Waals surface area contributed by atoms with Gasteiger partial charge in [-0.15, -0.1) is 0 Å². The molecule has 1 aliphatic rings. The minimum Gasteiger partial charge on any atom is -0.548 e. The van der Waals surface area contributed by atoms with Crippen LogP contribution in [-0.2, 0) is 4.79 Å². The summed E-state index contributed by atoms with van der Waals surface area (Å²) in [6.45, 7) is 2.08. The molecule has 1 aliphatic heterocycles. The Morgan fingerprint density at radius 3 is 3.09 bits per heavy atom. The Morgan fingerprint density at radius 1 is 1.91 bits per heavy atom. The van der Waals surface area contributed by atoms with E-state index in [1.54, 1.807) is 6.20 Å². The summed E-state index contributed by atoms with van der Waals surface area (Å²) in [5.41, 5.74) is 1.18. The van der Waals surface area contributed by atoms with Gasteiger partial charge in [0.15, 0.2) is 0 Å². The zero-order valence-corrected chi connectivity index (χ0v) is 6.59. The molecular weight excluding hydrogens is 142 g/mol. The highest BCUT2D eigenvalue weighted by Gasteiger charge is 2.15. The van der Waals surface area contributed by atoms with E-state index in [-0.39, 0.29) is 0 Å². The molecule has 0 amide bonds. The standard InChI is InChI=1S/C8H13NO2/c1-2-3-6-4-7(8(10)11)9-5-6/h5,7,9H,2-4H2,1H3,(H,10,11)/p-1/t7-/m0/s1. The fourth-order valence-electron chi connectivity index (χ4n) is 1.25. The first kappa shape index (κ1) is 8.11. The van der Waals surface area contributed by atoms with Crippen molar-refractivity contribution in [1.29, 1.82) is 0 Å². The molecule has 0 bridgehead atoms. The molecule has 0 aromatic carbocycles. The van der Waals surface area contributed by atoms with E-state index in [1.165, 1.54) is 5.57 Å². The molecule has 0 aliphatic carbocycles. The van der Waals surface area contributed by atoms with Crippen LogP contribution in [0.5, 0.6) is 0 Å². The first-order valence-electron chi connectivity index (χ1n) is 3.89. The summed E-state index contributed by atoms with van der Waals surface area (Å²) < 4.78 is 0. The number of carboxylic acid groups (broad SMARTS) is 1. The van der Waals surface area contributed by atoms with Gasteiger partial charge in [0, 0.05) is 0 Å². The maximum atomic E-state index is 10.3. The third kappa shape index (κ3) is 1.97. The maximum Gasteiger partial charge on any atom is 0.0690 e. The van der Waals surface area contributed by atoms with Crippen LogP contribution in [0.3, 0.4) is 0 Å². The number of hydrogen-bond acceptors (Lipinski definition) is 3. The topological polar surface area (TPSA) is 52.2 Å². The molecule has 3 heteroatoms. The van der Waals surface area contributed by atoms with Gasteiger partial charge in [0.2, 0.25) is 0 Å². The number of carbonyl (C=O) groups excluding carboxylic acids is 1. The smallest absolute Gasteiger partial charge is 0.0690 e. The normalized spacial score (nSPS) is 22.6.